The Morgan fingerprint density at radius 3 is 2.40 bits per heavy atom. The predicted molar refractivity (Wildman–Crippen MR) is 138 cm³/mol. The first-order valence-electron chi connectivity index (χ1n) is 14.5. The number of nitrogens with zero attached hydrogens (tertiary/aromatic N) is 3. The molecule has 5 rings (SSSR count). The van der Waals surface area contributed by atoms with Crippen molar-refractivity contribution in [3.05, 3.63) is 5.89 Å². The number of fused-ring (bicyclic) bond motifs is 5. The molecule has 1 aromatic rings. The third-order valence-electron chi connectivity index (χ3n) is 11.8. The summed E-state index contributed by atoms with van der Waals surface area (Å²) in [5, 5.41) is 30.8. The van der Waals surface area contributed by atoms with E-state index < -0.39 is 0 Å². The van der Waals surface area contributed by atoms with Gasteiger partial charge in [-0.1, -0.05) is 39.2 Å². The fraction of sp³-hybridized carbons (Fsp3) is 0.931. The first-order valence-corrected chi connectivity index (χ1v) is 14.5. The molecule has 0 bridgehead atoms. The van der Waals surface area contributed by atoms with E-state index in [9.17, 15) is 10.2 Å². The highest BCUT2D eigenvalue weighted by Gasteiger charge is 2.64. The average Bonchev–Trinajstić information content (AvgIpc) is 3.43. The molecule has 2 N–H and O–H groups in total. The summed E-state index contributed by atoms with van der Waals surface area (Å²) in [4.78, 5) is 1.86. The van der Waals surface area contributed by atoms with E-state index in [0.717, 1.165) is 44.4 Å². The molecular weight excluding hydrogens is 438 g/mol. The summed E-state index contributed by atoms with van der Waals surface area (Å²) < 4.78 is 5.82. The van der Waals surface area contributed by atoms with Gasteiger partial charge in [0.2, 0.25) is 5.89 Å². The maximum atomic E-state index is 11.9. The minimum atomic E-state index is -0.213. The van der Waals surface area contributed by atoms with E-state index in [1.807, 2.05) is 19.0 Å². The summed E-state index contributed by atoms with van der Waals surface area (Å²) in [6.45, 7) is 9.78. The molecule has 4 saturated carbocycles. The number of aromatic nitrogens is 2. The van der Waals surface area contributed by atoms with Gasteiger partial charge in [0, 0.05) is 20.5 Å². The van der Waals surface area contributed by atoms with Crippen molar-refractivity contribution in [2.24, 2.45) is 52.3 Å². The lowest BCUT2D eigenvalue weighted by atomic mass is 9.41. The first-order chi connectivity index (χ1) is 16.6. The molecule has 198 valence electrons. The van der Waals surface area contributed by atoms with Crippen molar-refractivity contribution in [1.29, 1.82) is 0 Å². The molecule has 11 atom stereocenters. The molecule has 0 saturated heterocycles. The molecule has 0 aliphatic heterocycles. The molecule has 4 fully saturated rings. The zero-order valence-electron chi connectivity index (χ0n) is 22.9. The summed E-state index contributed by atoms with van der Waals surface area (Å²) in [7, 11) is 3.85. The summed E-state index contributed by atoms with van der Waals surface area (Å²) in [5.74, 6) is 4.48. The third-order valence-corrected chi connectivity index (χ3v) is 11.8. The van der Waals surface area contributed by atoms with Crippen LogP contribution in [-0.4, -0.2) is 46.7 Å². The van der Waals surface area contributed by atoms with Gasteiger partial charge in [-0.15, -0.1) is 5.10 Å². The molecule has 6 nitrogen and oxygen atoms in total. The van der Waals surface area contributed by atoms with E-state index in [-0.39, 0.29) is 17.6 Å². The van der Waals surface area contributed by atoms with Crippen molar-refractivity contribution in [2.45, 2.75) is 104 Å². The van der Waals surface area contributed by atoms with Gasteiger partial charge in [0.1, 0.15) is 0 Å². The van der Waals surface area contributed by atoms with Crippen molar-refractivity contribution >= 4 is 6.01 Å². The van der Waals surface area contributed by atoms with Crippen LogP contribution in [0.5, 0.6) is 0 Å². The van der Waals surface area contributed by atoms with Gasteiger partial charge in [0.05, 0.1) is 12.2 Å². The van der Waals surface area contributed by atoms with Crippen LogP contribution in [0.3, 0.4) is 0 Å². The molecule has 4 aliphatic carbocycles. The fourth-order valence-corrected chi connectivity index (χ4v) is 10.0. The number of hydrogen-bond acceptors (Lipinski definition) is 6. The van der Waals surface area contributed by atoms with Crippen LogP contribution < -0.4 is 4.90 Å². The van der Waals surface area contributed by atoms with Crippen LogP contribution in [0.2, 0.25) is 0 Å². The van der Waals surface area contributed by atoms with Gasteiger partial charge < -0.3 is 19.5 Å². The average molecular weight is 488 g/mol. The number of rotatable bonds is 6. The molecule has 0 amide bonds. The molecule has 4 aliphatic rings. The number of aliphatic hydroxyl groups is 2. The normalized spacial score (nSPS) is 45.9. The second-order valence-corrected chi connectivity index (χ2v) is 13.5. The minimum Gasteiger partial charge on any atom is -0.408 e. The lowest BCUT2D eigenvalue weighted by Gasteiger charge is -2.64. The highest BCUT2D eigenvalue weighted by atomic mass is 16.4. The molecular formula is C29H49N3O3. The Bertz CT molecular complexity index is 888. The van der Waals surface area contributed by atoms with E-state index in [4.69, 9.17) is 4.42 Å². The van der Waals surface area contributed by atoms with E-state index >= 15 is 0 Å². The number of hydrogen-bond donors (Lipinski definition) is 2. The van der Waals surface area contributed by atoms with Crippen molar-refractivity contribution in [2.75, 3.05) is 19.0 Å². The second-order valence-electron chi connectivity index (χ2n) is 13.5. The van der Waals surface area contributed by atoms with Gasteiger partial charge in [-0.25, -0.2) is 0 Å². The zero-order chi connectivity index (χ0) is 25.1. The van der Waals surface area contributed by atoms with E-state index in [1.165, 1.54) is 25.7 Å². The molecule has 6 heteroatoms. The fourth-order valence-electron chi connectivity index (χ4n) is 10.0. The Balaban J connectivity index is 1.33. The van der Waals surface area contributed by atoms with Crippen LogP contribution >= 0.6 is 0 Å². The van der Waals surface area contributed by atoms with Crippen molar-refractivity contribution < 1.29 is 14.6 Å². The van der Waals surface area contributed by atoms with Crippen molar-refractivity contribution in [3.8, 4) is 0 Å². The smallest absolute Gasteiger partial charge is 0.317 e. The number of aryl methyl sites for hydroxylation is 1. The largest absolute Gasteiger partial charge is 0.408 e. The third kappa shape index (κ3) is 4.05. The number of anilines is 1. The zero-order valence-corrected chi connectivity index (χ0v) is 22.9. The molecule has 0 spiro atoms. The van der Waals surface area contributed by atoms with Gasteiger partial charge in [-0.3, -0.25) is 0 Å². The van der Waals surface area contributed by atoms with Gasteiger partial charge in [-0.05, 0) is 104 Å². The molecule has 0 radical (unpaired) electrons. The second kappa shape index (κ2) is 9.31. The Kier molecular flexibility index (Phi) is 6.78. The molecule has 1 aromatic heterocycles. The number of aliphatic hydroxyl groups excluding tert-OH is 2. The molecule has 0 aromatic carbocycles. The van der Waals surface area contributed by atoms with E-state index in [0.29, 0.717) is 52.9 Å². The van der Waals surface area contributed by atoms with Crippen LogP contribution in [0.4, 0.5) is 6.01 Å². The molecule has 35 heavy (non-hydrogen) atoms. The maximum Gasteiger partial charge on any atom is 0.317 e. The van der Waals surface area contributed by atoms with E-state index in [2.05, 4.69) is 37.9 Å². The quantitative estimate of drug-likeness (QED) is 0.564. The van der Waals surface area contributed by atoms with Crippen LogP contribution in [0.1, 0.15) is 91.4 Å². The predicted octanol–water partition coefficient (Wildman–Crippen LogP) is 5.33. The van der Waals surface area contributed by atoms with E-state index in [1.54, 1.807) is 0 Å². The molecule has 1 heterocycles. The van der Waals surface area contributed by atoms with Crippen LogP contribution in [-0.2, 0) is 6.42 Å². The highest BCUT2D eigenvalue weighted by Crippen LogP contribution is 2.69. The first kappa shape index (κ1) is 25.5. The van der Waals surface area contributed by atoms with Crippen LogP contribution in [0, 0.1) is 52.3 Å². The SMILES string of the molecule is CC[C@H]1[C@@H](O)C2[C@@H]3CC[C@H]([C@H](C)CCc4nnc(N(C)C)o4)[C@@]3(C)CC[C@@H]2[C@@]2(C)CC[C@@H](O)C[C@@H]12. The Morgan fingerprint density at radius 1 is 1.00 bits per heavy atom. The van der Waals surface area contributed by atoms with Crippen molar-refractivity contribution in [1.82, 2.24) is 10.2 Å². The van der Waals surface area contributed by atoms with Gasteiger partial charge in [0.15, 0.2) is 0 Å². The maximum absolute atomic E-state index is 11.9. The van der Waals surface area contributed by atoms with Crippen molar-refractivity contribution in [3.63, 3.8) is 0 Å². The lowest BCUT2D eigenvalue weighted by molar-refractivity contribution is -0.203. The summed E-state index contributed by atoms with van der Waals surface area (Å²) >= 11 is 0. The monoisotopic (exact) mass is 487 g/mol. The van der Waals surface area contributed by atoms with Gasteiger partial charge in [0.25, 0.3) is 0 Å². The topological polar surface area (TPSA) is 82.6 Å². The van der Waals surface area contributed by atoms with Gasteiger partial charge >= 0.3 is 6.01 Å². The summed E-state index contributed by atoms with van der Waals surface area (Å²) in [5.41, 5.74) is 0.581. The minimum absolute atomic E-state index is 0.177. The Labute approximate surface area is 212 Å². The summed E-state index contributed by atoms with van der Waals surface area (Å²) in [6.07, 6.45) is 10.6. The summed E-state index contributed by atoms with van der Waals surface area (Å²) in [6, 6.07) is 0.581. The Morgan fingerprint density at radius 2 is 1.71 bits per heavy atom. The molecule has 1 unspecified atom stereocenters. The van der Waals surface area contributed by atoms with Crippen LogP contribution in [0.25, 0.3) is 0 Å². The Hall–Kier alpha value is -1.14. The standard InChI is InChI=1S/C29H49N3O3/c1-7-19-23-16-18(33)12-14-29(23,4)22-13-15-28(3)20(9-10-21(28)25(22)26(19)34)17(2)8-11-24-30-31-27(35-24)32(5)6/h17-23,25-26,33-34H,7-16H2,1-6H3/t17-,18-,19-,20-,21+,22+,23+,25?,26-,28-,29-/m1/s1. The lowest BCUT2D eigenvalue weighted by Crippen LogP contribution is -2.62. The van der Waals surface area contributed by atoms with Crippen LogP contribution in [0.15, 0.2) is 4.42 Å². The highest BCUT2D eigenvalue weighted by molar-refractivity contribution is 5.19. The van der Waals surface area contributed by atoms with Gasteiger partial charge in [-0.2, -0.15) is 0 Å².